The van der Waals surface area contributed by atoms with E-state index in [1.807, 2.05) is 6.92 Å². The van der Waals surface area contributed by atoms with E-state index in [1.165, 1.54) is 0 Å². The number of carbonyl (C=O) groups is 1. The predicted molar refractivity (Wildman–Crippen MR) is 150 cm³/mol. The molecule has 40 heavy (non-hydrogen) atoms. The number of aryl methyl sites for hydroxylation is 1. The number of hydrogen-bond acceptors (Lipinski definition) is 9. The van der Waals surface area contributed by atoms with Gasteiger partial charge in [-0.2, -0.15) is 0 Å². The number of ether oxygens (including phenoxy) is 2. The van der Waals surface area contributed by atoms with Crippen molar-refractivity contribution in [1.82, 2.24) is 14.4 Å². The van der Waals surface area contributed by atoms with Gasteiger partial charge in [0.2, 0.25) is 0 Å². The van der Waals surface area contributed by atoms with Crippen molar-refractivity contribution in [3.8, 4) is 35.1 Å². The summed E-state index contributed by atoms with van der Waals surface area (Å²) >= 11 is 0. The Bertz CT molecular complexity index is 1530. The lowest BCUT2D eigenvalue weighted by atomic mass is 10.1. The molecule has 4 heterocycles. The van der Waals surface area contributed by atoms with Crippen molar-refractivity contribution in [2.24, 2.45) is 15.7 Å². The number of anilines is 1. The number of aromatic hydroxyl groups is 1. The molecule has 0 spiro atoms. The highest BCUT2D eigenvalue weighted by molar-refractivity contribution is 5.97. The Morgan fingerprint density at radius 3 is 2.08 bits per heavy atom. The van der Waals surface area contributed by atoms with Gasteiger partial charge in [-0.25, -0.2) is 4.99 Å². The van der Waals surface area contributed by atoms with E-state index in [4.69, 9.17) is 30.9 Å². The summed E-state index contributed by atoms with van der Waals surface area (Å²) in [5.74, 6) is 12.5. The Hall–Kier alpha value is -3.87. The summed E-state index contributed by atoms with van der Waals surface area (Å²) in [5, 5.41) is 10.8. The van der Waals surface area contributed by atoms with Gasteiger partial charge in [-0.1, -0.05) is 29.7 Å². The van der Waals surface area contributed by atoms with Gasteiger partial charge < -0.3 is 26.0 Å². The molecule has 1 aromatic heterocycles. The van der Waals surface area contributed by atoms with E-state index in [-0.39, 0.29) is 17.1 Å². The van der Waals surface area contributed by atoms with Crippen molar-refractivity contribution in [2.75, 3.05) is 71.4 Å². The van der Waals surface area contributed by atoms with Gasteiger partial charge in [-0.3, -0.25) is 24.2 Å². The molecule has 2 saturated heterocycles. The van der Waals surface area contributed by atoms with Gasteiger partial charge in [0, 0.05) is 31.7 Å². The van der Waals surface area contributed by atoms with Crippen molar-refractivity contribution < 1.29 is 19.4 Å². The number of fused-ring (bicyclic) bond motifs is 1. The van der Waals surface area contributed by atoms with Crippen molar-refractivity contribution in [3.63, 3.8) is 0 Å². The van der Waals surface area contributed by atoms with Crippen molar-refractivity contribution in [3.05, 3.63) is 39.7 Å². The third kappa shape index (κ3) is 5.69. The molecule has 11 heteroatoms. The maximum Gasteiger partial charge on any atom is 0.254 e. The Balaban J connectivity index is 1.61. The Kier molecular flexibility index (Phi) is 8.38. The van der Waals surface area contributed by atoms with Gasteiger partial charge in [0.15, 0.2) is 5.49 Å². The zero-order chi connectivity index (χ0) is 28.2. The number of nitrogen functional groups attached to an aromatic ring is 1. The average Bonchev–Trinajstić information content (AvgIpc) is 3.23. The van der Waals surface area contributed by atoms with Crippen LogP contribution in [0, 0.1) is 37.5 Å². The van der Waals surface area contributed by atoms with E-state index in [0.29, 0.717) is 61.6 Å². The molecule has 11 nitrogen and oxygen atoms in total. The van der Waals surface area contributed by atoms with Crippen molar-refractivity contribution in [1.29, 1.82) is 0 Å². The molecule has 2 aromatic rings. The second kappa shape index (κ2) is 12.1. The average molecular weight is 546 g/mol. The van der Waals surface area contributed by atoms with E-state index in [1.54, 1.807) is 23.6 Å². The molecule has 5 N–H and O–H groups in total. The Morgan fingerprint density at radius 1 is 0.975 bits per heavy atom. The Morgan fingerprint density at radius 2 is 1.52 bits per heavy atom. The molecule has 0 bridgehead atoms. The summed E-state index contributed by atoms with van der Waals surface area (Å²) in [6.45, 7) is 10.9. The molecule has 2 fully saturated rings. The fourth-order valence-electron chi connectivity index (χ4n) is 5.12. The van der Waals surface area contributed by atoms with Crippen LogP contribution in [-0.2, 0) is 9.47 Å². The summed E-state index contributed by atoms with van der Waals surface area (Å²) in [4.78, 5) is 26.9. The minimum absolute atomic E-state index is 0.0839. The van der Waals surface area contributed by atoms with Crippen LogP contribution in [0.4, 0.5) is 5.82 Å². The SMILES string of the molecule is Cc1ccc(O)c(C)c1-n1c(N)c(C(N)=O)c2c1=NC(C#CCN1CCOCC1)C(C#CCN1CCOCC1)N=2. The lowest BCUT2D eigenvalue weighted by Gasteiger charge is -2.24. The molecule has 1 aromatic carbocycles. The molecule has 0 saturated carbocycles. The number of primary amides is 1. The zero-order valence-electron chi connectivity index (χ0n) is 22.9. The number of rotatable bonds is 4. The number of hydrogen-bond donors (Lipinski definition) is 3. The normalized spacial score (nSPS) is 21.1. The third-order valence-corrected chi connectivity index (χ3v) is 7.37. The minimum atomic E-state index is -0.709. The van der Waals surface area contributed by atoms with E-state index in [2.05, 4.69) is 33.5 Å². The molecule has 1 amide bonds. The summed E-state index contributed by atoms with van der Waals surface area (Å²) in [5.41, 5.74) is 14.9. The van der Waals surface area contributed by atoms with E-state index in [0.717, 1.165) is 31.7 Å². The van der Waals surface area contributed by atoms with Gasteiger partial charge in [-0.15, -0.1) is 0 Å². The number of aromatic nitrogens is 1. The van der Waals surface area contributed by atoms with Crippen LogP contribution in [0.5, 0.6) is 5.75 Å². The number of phenolic OH excluding ortho intramolecular Hbond substituents is 1. The second-order valence-corrected chi connectivity index (χ2v) is 10.1. The molecule has 210 valence electrons. The van der Waals surface area contributed by atoms with Crippen LogP contribution in [0.15, 0.2) is 22.1 Å². The number of carbonyl (C=O) groups excluding carboxylic acids is 1. The fourth-order valence-corrected chi connectivity index (χ4v) is 5.12. The molecule has 2 unspecified atom stereocenters. The van der Waals surface area contributed by atoms with E-state index in [9.17, 15) is 9.90 Å². The molecule has 2 atom stereocenters. The number of nitrogens with zero attached hydrogens (tertiary/aromatic N) is 5. The van der Waals surface area contributed by atoms with Gasteiger partial charge in [0.25, 0.3) is 5.91 Å². The van der Waals surface area contributed by atoms with Crippen molar-refractivity contribution in [2.45, 2.75) is 25.9 Å². The first kappa shape index (κ1) is 27.7. The zero-order valence-corrected chi connectivity index (χ0v) is 22.9. The lowest BCUT2D eigenvalue weighted by molar-refractivity contribution is 0.0442. The van der Waals surface area contributed by atoms with Gasteiger partial charge in [0.1, 0.15) is 34.6 Å². The molecule has 3 aliphatic rings. The van der Waals surface area contributed by atoms with Crippen LogP contribution >= 0.6 is 0 Å². The summed E-state index contributed by atoms with van der Waals surface area (Å²) in [7, 11) is 0. The number of phenols is 1. The quantitative estimate of drug-likeness (QED) is 0.424. The van der Waals surface area contributed by atoms with Gasteiger partial charge in [0.05, 0.1) is 45.2 Å². The smallest absolute Gasteiger partial charge is 0.254 e. The molecule has 0 aliphatic carbocycles. The molecular formula is C29H35N7O4. The molecule has 0 radical (unpaired) electrons. The van der Waals surface area contributed by atoms with Crippen LogP contribution < -0.4 is 22.3 Å². The topological polar surface area (TPSA) is 144 Å². The van der Waals surface area contributed by atoms with Crippen LogP contribution in [0.2, 0.25) is 0 Å². The lowest BCUT2D eigenvalue weighted by Crippen LogP contribution is -2.42. The van der Waals surface area contributed by atoms with Crippen LogP contribution in [0.1, 0.15) is 21.5 Å². The second-order valence-electron chi connectivity index (χ2n) is 10.1. The Labute approximate surface area is 233 Å². The first-order valence-electron chi connectivity index (χ1n) is 13.5. The monoisotopic (exact) mass is 545 g/mol. The number of nitrogens with two attached hydrogens (primary N) is 2. The van der Waals surface area contributed by atoms with E-state index < -0.39 is 18.0 Å². The third-order valence-electron chi connectivity index (χ3n) is 7.37. The van der Waals surface area contributed by atoms with Crippen LogP contribution in [-0.4, -0.2) is 103 Å². The van der Waals surface area contributed by atoms with Crippen LogP contribution in [0.25, 0.3) is 5.69 Å². The fraction of sp³-hybridized carbons (Fsp3) is 0.483. The molecule has 5 rings (SSSR count). The maximum absolute atomic E-state index is 12.6. The summed E-state index contributed by atoms with van der Waals surface area (Å²) in [6.07, 6.45) is 0. The summed E-state index contributed by atoms with van der Waals surface area (Å²) in [6, 6.07) is 2.21. The molecular weight excluding hydrogens is 510 g/mol. The summed E-state index contributed by atoms with van der Waals surface area (Å²) < 4.78 is 12.5. The standard InChI is InChI=1S/C29H35N7O4/c1-19-7-8-23(37)20(2)26(19)36-27(30)24(28(31)38)25-29(36)33-22(6-4-10-35-13-17-40-18-14-35)21(32-25)5-3-9-34-11-15-39-16-12-34/h7-8,21-22,37H,9-18,30H2,1-2H3,(H2,31,38). The first-order chi connectivity index (χ1) is 19.3. The number of morpholine rings is 2. The maximum atomic E-state index is 12.6. The highest BCUT2D eigenvalue weighted by Crippen LogP contribution is 2.28. The predicted octanol–water partition coefficient (Wildman–Crippen LogP) is -0.858. The van der Waals surface area contributed by atoms with Crippen molar-refractivity contribution >= 4 is 11.7 Å². The highest BCUT2D eigenvalue weighted by Gasteiger charge is 2.29. The van der Waals surface area contributed by atoms with E-state index >= 15 is 0 Å². The van der Waals surface area contributed by atoms with Gasteiger partial charge >= 0.3 is 0 Å². The minimum Gasteiger partial charge on any atom is -0.508 e. The highest BCUT2D eigenvalue weighted by atomic mass is 16.5. The van der Waals surface area contributed by atoms with Crippen LogP contribution in [0.3, 0.4) is 0 Å². The number of benzene rings is 1. The van der Waals surface area contributed by atoms with Gasteiger partial charge in [-0.05, 0) is 25.5 Å². The first-order valence-corrected chi connectivity index (χ1v) is 13.5. The largest absolute Gasteiger partial charge is 0.508 e. The molecule has 3 aliphatic heterocycles. The number of amides is 1.